The molecule has 0 saturated heterocycles. The molecule has 0 spiro atoms. The maximum Gasteiger partial charge on any atom is 0.412 e. The highest BCUT2D eigenvalue weighted by Gasteiger charge is 2.16. The first-order chi connectivity index (χ1) is 12.7. The molecule has 27 heavy (non-hydrogen) atoms. The average molecular weight is 367 g/mol. The minimum atomic E-state index is -0.530. The number of fused-ring (bicyclic) bond motifs is 1. The summed E-state index contributed by atoms with van der Waals surface area (Å²) in [6, 6.07) is 9.36. The van der Waals surface area contributed by atoms with Crippen molar-refractivity contribution in [1.82, 2.24) is 14.6 Å². The smallest absolute Gasteiger partial charge is 0.412 e. The lowest BCUT2D eigenvalue weighted by Crippen LogP contribution is -2.27. The summed E-state index contributed by atoms with van der Waals surface area (Å²) in [6.07, 6.45) is 2.25. The fourth-order valence-electron chi connectivity index (χ4n) is 2.67. The van der Waals surface area contributed by atoms with Gasteiger partial charge in [0.2, 0.25) is 0 Å². The van der Waals surface area contributed by atoms with Crippen molar-refractivity contribution in [2.75, 3.05) is 10.6 Å². The van der Waals surface area contributed by atoms with Crippen LogP contribution in [0.5, 0.6) is 0 Å². The van der Waals surface area contributed by atoms with E-state index >= 15 is 0 Å². The van der Waals surface area contributed by atoms with E-state index in [-0.39, 0.29) is 0 Å². The number of rotatable bonds is 4. The molecule has 0 fully saturated rings. The minimum absolute atomic E-state index is 0.474. The number of anilines is 3. The normalized spacial score (nSPS) is 11.4. The van der Waals surface area contributed by atoms with Crippen molar-refractivity contribution < 1.29 is 9.53 Å². The largest absolute Gasteiger partial charge is 0.444 e. The quantitative estimate of drug-likeness (QED) is 0.699. The lowest BCUT2D eigenvalue weighted by molar-refractivity contribution is 0.0636. The number of nitrogens with one attached hydrogen (secondary N) is 2. The summed E-state index contributed by atoms with van der Waals surface area (Å²) in [4.78, 5) is 16.4. The van der Waals surface area contributed by atoms with Crippen molar-refractivity contribution in [2.24, 2.45) is 0 Å². The minimum Gasteiger partial charge on any atom is -0.444 e. The zero-order valence-corrected chi connectivity index (χ0v) is 16.3. The SMILES string of the molecule is CCc1cnn2c(Nc3ccc(NC(=O)OC(C)(C)C)cc3)cc(C)nc12. The van der Waals surface area contributed by atoms with Crippen molar-refractivity contribution >= 4 is 28.9 Å². The van der Waals surface area contributed by atoms with E-state index in [1.54, 1.807) is 4.52 Å². The predicted molar refractivity (Wildman–Crippen MR) is 107 cm³/mol. The molecule has 0 aliphatic heterocycles. The van der Waals surface area contributed by atoms with Crippen LogP contribution in [-0.4, -0.2) is 26.3 Å². The second-order valence-electron chi connectivity index (χ2n) is 7.37. The molecule has 0 aliphatic carbocycles. The molecule has 3 aromatic rings. The molecule has 7 heteroatoms. The zero-order chi connectivity index (χ0) is 19.6. The van der Waals surface area contributed by atoms with Crippen molar-refractivity contribution in [3.8, 4) is 0 Å². The fourth-order valence-corrected chi connectivity index (χ4v) is 2.67. The topological polar surface area (TPSA) is 80.5 Å². The first kappa shape index (κ1) is 18.7. The summed E-state index contributed by atoms with van der Waals surface area (Å²) in [5.41, 5.74) is 3.91. The monoisotopic (exact) mass is 367 g/mol. The highest BCUT2D eigenvalue weighted by molar-refractivity contribution is 5.85. The molecule has 0 saturated carbocycles. The molecule has 2 N–H and O–H groups in total. The van der Waals surface area contributed by atoms with Crippen LogP contribution in [0.1, 0.15) is 39.0 Å². The van der Waals surface area contributed by atoms with E-state index in [1.165, 1.54) is 0 Å². The van der Waals surface area contributed by atoms with Gasteiger partial charge in [-0.1, -0.05) is 6.92 Å². The van der Waals surface area contributed by atoms with E-state index in [2.05, 4.69) is 27.6 Å². The number of aryl methyl sites for hydroxylation is 2. The van der Waals surface area contributed by atoms with Gasteiger partial charge in [0.05, 0.1) is 6.20 Å². The Morgan fingerprint density at radius 1 is 1.19 bits per heavy atom. The number of carbonyl (C=O) groups is 1. The van der Waals surface area contributed by atoms with Crippen molar-refractivity contribution in [1.29, 1.82) is 0 Å². The summed E-state index contributed by atoms with van der Waals surface area (Å²) in [5, 5.41) is 10.5. The molecule has 0 atom stereocenters. The Labute approximate surface area is 158 Å². The van der Waals surface area contributed by atoms with Crippen LogP contribution in [0.25, 0.3) is 5.65 Å². The second-order valence-corrected chi connectivity index (χ2v) is 7.37. The van der Waals surface area contributed by atoms with Gasteiger partial charge in [0, 0.05) is 28.7 Å². The molecule has 142 valence electrons. The Bertz CT molecular complexity index is 955. The number of nitrogens with zero attached hydrogens (tertiary/aromatic N) is 3. The average Bonchev–Trinajstić information content (AvgIpc) is 2.98. The van der Waals surface area contributed by atoms with Gasteiger partial charge in [0.15, 0.2) is 5.65 Å². The van der Waals surface area contributed by atoms with Gasteiger partial charge < -0.3 is 10.1 Å². The van der Waals surface area contributed by atoms with Gasteiger partial charge >= 0.3 is 6.09 Å². The predicted octanol–water partition coefficient (Wildman–Crippen LogP) is 4.69. The van der Waals surface area contributed by atoms with E-state index < -0.39 is 11.7 Å². The maximum absolute atomic E-state index is 11.9. The Balaban J connectivity index is 1.76. The Morgan fingerprint density at radius 2 is 1.85 bits per heavy atom. The van der Waals surface area contributed by atoms with E-state index in [1.807, 2.05) is 64.2 Å². The number of benzene rings is 1. The molecule has 0 unspecified atom stereocenters. The molecule has 0 bridgehead atoms. The number of ether oxygens (including phenoxy) is 1. The molecule has 0 radical (unpaired) electrons. The number of carbonyl (C=O) groups excluding carboxylic acids is 1. The van der Waals surface area contributed by atoms with Gasteiger partial charge in [-0.3, -0.25) is 5.32 Å². The molecule has 3 rings (SSSR count). The molecule has 1 aromatic carbocycles. The van der Waals surface area contributed by atoms with Crippen molar-refractivity contribution in [3.05, 3.63) is 47.8 Å². The Hall–Kier alpha value is -3.09. The summed E-state index contributed by atoms with van der Waals surface area (Å²) >= 11 is 0. The van der Waals surface area contributed by atoms with Gasteiger partial charge in [-0.2, -0.15) is 9.61 Å². The Morgan fingerprint density at radius 3 is 2.48 bits per heavy atom. The van der Waals surface area contributed by atoms with Gasteiger partial charge in [-0.25, -0.2) is 9.78 Å². The van der Waals surface area contributed by atoms with E-state index in [9.17, 15) is 4.79 Å². The standard InChI is InChI=1S/C20H25N5O2/c1-6-14-12-21-25-17(11-13(2)22-18(14)25)23-15-7-9-16(10-8-15)24-19(26)27-20(3,4)5/h7-12,23H,6H2,1-5H3,(H,24,26). The lowest BCUT2D eigenvalue weighted by Gasteiger charge is -2.19. The van der Waals surface area contributed by atoms with Crippen LogP contribution in [0.4, 0.5) is 22.0 Å². The van der Waals surface area contributed by atoms with Gasteiger partial charge in [0.25, 0.3) is 0 Å². The third kappa shape index (κ3) is 4.55. The molecule has 1 amide bonds. The molecular formula is C20H25N5O2. The molecule has 7 nitrogen and oxygen atoms in total. The van der Waals surface area contributed by atoms with Crippen LogP contribution in [-0.2, 0) is 11.2 Å². The number of hydrogen-bond donors (Lipinski definition) is 2. The van der Waals surface area contributed by atoms with Crippen LogP contribution in [0.15, 0.2) is 36.5 Å². The zero-order valence-electron chi connectivity index (χ0n) is 16.3. The third-order valence-electron chi connectivity index (χ3n) is 3.86. The maximum atomic E-state index is 11.9. The third-order valence-corrected chi connectivity index (χ3v) is 3.86. The van der Waals surface area contributed by atoms with Crippen LogP contribution >= 0.6 is 0 Å². The first-order valence-electron chi connectivity index (χ1n) is 8.96. The molecule has 2 heterocycles. The van der Waals surface area contributed by atoms with Gasteiger partial charge in [-0.15, -0.1) is 0 Å². The number of aromatic nitrogens is 3. The highest BCUT2D eigenvalue weighted by Crippen LogP contribution is 2.22. The summed E-state index contributed by atoms with van der Waals surface area (Å²) < 4.78 is 7.06. The molecule has 2 aromatic heterocycles. The van der Waals surface area contributed by atoms with E-state index in [4.69, 9.17) is 4.74 Å². The van der Waals surface area contributed by atoms with Gasteiger partial charge in [0.1, 0.15) is 11.4 Å². The van der Waals surface area contributed by atoms with E-state index in [0.717, 1.165) is 34.8 Å². The molecule has 0 aliphatic rings. The summed E-state index contributed by atoms with van der Waals surface area (Å²) in [5.74, 6) is 0.838. The second kappa shape index (κ2) is 7.26. The van der Waals surface area contributed by atoms with Crippen LogP contribution in [0.2, 0.25) is 0 Å². The lowest BCUT2D eigenvalue weighted by atomic mass is 10.2. The fraction of sp³-hybridized carbons (Fsp3) is 0.350. The summed E-state index contributed by atoms with van der Waals surface area (Å²) in [6.45, 7) is 9.54. The van der Waals surface area contributed by atoms with Crippen LogP contribution in [0, 0.1) is 6.92 Å². The van der Waals surface area contributed by atoms with Crippen molar-refractivity contribution in [2.45, 2.75) is 46.6 Å². The van der Waals surface area contributed by atoms with E-state index in [0.29, 0.717) is 5.69 Å². The summed E-state index contributed by atoms with van der Waals surface area (Å²) in [7, 11) is 0. The van der Waals surface area contributed by atoms with Crippen LogP contribution < -0.4 is 10.6 Å². The molecular weight excluding hydrogens is 342 g/mol. The highest BCUT2D eigenvalue weighted by atomic mass is 16.6. The first-order valence-corrected chi connectivity index (χ1v) is 8.96. The Kier molecular flexibility index (Phi) is 5.03. The van der Waals surface area contributed by atoms with Crippen LogP contribution in [0.3, 0.4) is 0 Å². The number of amides is 1. The van der Waals surface area contributed by atoms with Gasteiger partial charge in [-0.05, 0) is 58.4 Å². The number of hydrogen-bond acceptors (Lipinski definition) is 5. The van der Waals surface area contributed by atoms with Crippen molar-refractivity contribution in [3.63, 3.8) is 0 Å².